The van der Waals surface area contributed by atoms with E-state index in [1.165, 1.54) is 22.3 Å². The van der Waals surface area contributed by atoms with E-state index in [1.807, 2.05) is 12.5 Å². The average molecular weight is 390 g/mol. The summed E-state index contributed by atoms with van der Waals surface area (Å²) in [5, 5.41) is 6.83. The fraction of sp³-hybridized carbons (Fsp3) is 0.333. The van der Waals surface area contributed by atoms with Crippen LogP contribution in [0.5, 0.6) is 0 Å². The molecule has 0 bridgehead atoms. The zero-order valence-corrected chi connectivity index (χ0v) is 17.6. The highest BCUT2D eigenvalue weighted by atomic mass is 15.2. The lowest BCUT2D eigenvalue weighted by molar-refractivity contribution is 0.699. The summed E-state index contributed by atoms with van der Waals surface area (Å²) in [7, 11) is 0. The van der Waals surface area contributed by atoms with Gasteiger partial charge in [0.25, 0.3) is 0 Å². The van der Waals surface area contributed by atoms with Crippen molar-refractivity contribution in [2.45, 2.75) is 39.8 Å². The summed E-state index contributed by atoms with van der Waals surface area (Å²) < 4.78 is 2.07. The van der Waals surface area contributed by atoms with Crippen LogP contribution in [0.25, 0.3) is 0 Å². The minimum absolute atomic E-state index is 0.414. The smallest absolute Gasteiger partial charge is 0.191 e. The summed E-state index contributed by atoms with van der Waals surface area (Å²) in [4.78, 5) is 8.89. The summed E-state index contributed by atoms with van der Waals surface area (Å²) in [6, 6.07) is 17.3. The van der Waals surface area contributed by atoms with E-state index in [2.05, 4.69) is 89.5 Å². The summed E-state index contributed by atoms with van der Waals surface area (Å²) in [5.74, 6) is 1.27. The van der Waals surface area contributed by atoms with Crippen molar-refractivity contribution in [2.24, 2.45) is 4.99 Å². The number of guanidine groups is 1. The molecular formula is C24H31N5. The summed E-state index contributed by atoms with van der Waals surface area (Å²) in [5.41, 5.74) is 5.10. The first kappa shape index (κ1) is 20.6. The maximum absolute atomic E-state index is 4.78. The van der Waals surface area contributed by atoms with Crippen molar-refractivity contribution in [3.05, 3.63) is 89.5 Å². The van der Waals surface area contributed by atoms with Gasteiger partial charge in [0.2, 0.25) is 0 Å². The normalized spacial score (nSPS) is 12.6. The van der Waals surface area contributed by atoms with Crippen LogP contribution in [0.2, 0.25) is 0 Å². The highest BCUT2D eigenvalue weighted by Gasteiger charge is 2.07. The predicted molar refractivity (Wildman–Crippen MR) is 120 cm³/mol. The van der Waals surface area contributed by atoms with Crippen LogP contribution < -0.4 is 10.6 Å². The molecule has 29 heavy (non-hydrogen) atoms. The van der Waals surface area contributed by atoms with E-state index >= 15 is 0 Å². The van der Waals surface area contributed by atoms with Crippen LogP contribution in [0.1, 0.15) is 42.0 Å². The Hall–Kier alpha value is -3.08. The molecule has 0 saturated heterocycles. The molecule has 152 valence electrons. The van der Waals surface area contributed by atoms with Gasteiger partial charge in [0, 0.05) is 32.0 Å². The topological polar surface area (TPSA) is 54.2 Å². The molecule has 0 radical (unpaired) electrons. The van der Waals surface area contributed by atoms with Crippen LogP contribution in [-0.2, 0) is 13.1 Å². The Balaban J connectivity index is 1.60. The van der Waals surface area contributed by atoms with Gasteiger partial charge in [-0.25, -0.2) is 9.98 Å². The fourth-order valence-electron chi connectivity index (χ4n) is 3.27. The minimum Gasteiger partial charge on any atom is -0.357 e. The van der Waals surface area contributed by atoms with Gasteiger partial charge in [-0.2, -0.15) is 0 Å². The van der Waals surface area contributed by atoms with Crippen LogP contribution in [0.4, 0.5) is 0 Å². The highest BCUT2D eigenvalue weighted by molar-refractivity contribution is 5.79. The van der Waals surface area contributed by atoms with Crippen molar-refractivity contribution < 1.29 is 0 Å². The number of nitrogens with zero attached hydrogens (tertiary/aromatic N) is 3. The predicted octanol–water partition coefficient (Wildman–Crippen LogP) is 4.10. The van der Waals surface area contributed by atoms with E-state index in [-0.39, 0.29) is 0 Å². The second kappa shape index (κ2) is 10.5. The molecule has 5 heteroatoms. The van der Waals surface area contributed by atoms with Gasteiger partial charge in [0.1, 0.15) is 0 Å². The zero-order valence-electron chi connectivity index (χ0n) is 17.6. The lowest BCUT2D eigenvalue weighted by atomic mass is 9.99. The molecule has 0 aliphatic carbocycles. The number of hydrogen-bond donors (Lipinski definition) is 2. The van der Waals surface area contributed by atoms with Crippen LogP contribution in [0.3, 0.4) is 0 Å². The Labute approximate surface area is 173 Å². The zero-order chi connectivity index (χ0) is 20.5. The molecule has 1 aromatic heterocycles. The quantitative estimate of drug-likeness (QED) is 0.450. The van der Waals surface area contributed by atoms with Crippen LogP contribution in [0.15, 0.2) is 72.2 Å². The summed E-state index contributed by atoms with van der Waals surface area (Å²) in [6.45, 7) is 9.62. The molecule has 3 rings (SSSR count). The molecule has 2 N–H and O–H groups in total. The van der Waals surface area contributed by atoms with E-state index in [9.17, 15) is 0 Å². The largest absolute Gasteiger partial charge is 0.357 e. The maximum atomic E-state index is 4.78. The molecule has 1 atom stereocenters. The lowest BCUT2D eigenvalue weighted by Crippen LogP contribution is -2.39. The Morgan fingerprint density at radius 3 is 2.69 bits per heavy atom. The molecule has 0 aliphatic heterocycles. The number of aliphatic imine (C=N–C) groups is 1. The SMILES string of the molecule is CCNC(=NCc1cccc(Cn2ccnc2)c1)NCC(C)c1cccc(C)c1. The molecule has 2 aromatic carbocycles. The number of benzene rings is 2. The first-order valence-corrected chi connectivity index (χ1v) is 10.3. The summed E-state index contributed by atoms with van der Waals surface area (Å²) in [6.07, 6.45) is 5.63. The van der Waals surface area contributed by atoms with Crippen molar-refractivity contribution in [2.75, 3.05) is 13.1 Å². The minimum atomic E-state index is 0.414. The maximum Gasteiger partial charge on any atom is 0.191 e. The Morgan fingerprint density at radius 1 is 1.10 bits per heavy atom. The molecule has 0 spiro atoms. The van der Waals surface area contributed by atoms with E-state index in [0.29, 0.717) is 12.5 Å². The van der Waals surface area contributed by atoms with Gasteiger partial charge in [-0.05, 0) is 36.5 Å². The van der Waals surface area contributed by atoms with E-state index in [1.54, 1.807) is 6.20 Å². The van der Waals surface area contributed by atoms with Gasteiger partial charge in [-0.15, -0.1) is 0 Å². The molecular weight excluding hydrogens is 358 g/mol. The molecule has 1 heterocycles. The number of aromatic nitrogens is 2. The third-order valence-corrected chi connectivity index (χ3v) is 4.87. The number of aryl methyl sites for hydroxylation is 1. The van der Waals surface area contributed by atoms with E-state index in [0.717, 1.165) is 25.6 Å². The van der Waals surface area contributed by atoms with Gasteiger partial charge < -0.3 is 15.2 Å². The molecule has 1 unspecified atom stereocenters. The molecule has 0 saturated carbocycles. The number of hydrogen-bond acceptors (Lipinski definition) is 2. The van der Waals surface area contributed by atoms with Crippen LogP contribution in [0, 0.1) is 6.92 Å². The van der Waals surface area contributed by atoms with Crippen molar-refractivity contribution >= 4 is 5.96 Å². The Kier molecular flexibility index (Phi) is 7.45. The van der Waals surface area contributed by atoms with Crippen molar-refractivity contribution in [1.82, 2.24) is 20.2 Å². The van der Waals surface area contributed by atoms with Gasteiger partial charge in [0.15, 0.2) is 5.96 Å². The molecule has 5 nitrogen and oxygen atoms in total. The second-order valence-electron chi connectivity index (χ2n) is 7.45. The van der Waals surface area contributed by atoms with E-state index in [4.69, 9.17) is 4.99 Å². The first-order valence-electron chi connectivity index (χ1n) is 10.3. The van der Waals surface area contributed by atoms with E-state index < -0.39 is 0 Å². The Bertz CT molecular complexity index is 915. The number of imidazole rings is 1. The lowest BCUT2D eigenvalue weighted by Gasteiger charge is -2.17. The third-order valence-electron chi connectivity index (χ3n) is 4.87. The monoisotopic (exact) mass is 389 g/mol. The fourth-order valence-corrected chi connectivity index (χ4v) is 3.27. The molecule has 0 amide bonds. The molecule has 3 aromatic rings. The van der Waals surface area contributed by atoms with Gasteiger partial charge in [-0.1, -0.05) is 61.0 Å². The van der Waals surface area contributed by atoms with Gasteiger partial charge >= 0.3 is 0 Å². The van der Waals surface area contributed by atoms with Gasteiger partial charge in [0.05, 0.1) is 12.9 Å². The molecule has 0 aliphatic rings. The van der Waals surface area contributed by atoms with Crippen LogP contribution in [-0.4, -0.2) is 28.6 Å². The number of rotatable bonds is 8. The third kappa shape index (κ3) is 6.49. The van der Waals surface area contributed by atoms with Crippen molar-refractivity contribution in [3.63, 3.8) is 0 Å². The van der Waals surface area contributed by atoms with Crippen molar-refractivity contribution in [3.8, 4) is 0 Å². The standard InChI is InChI=1S/C24H31N5/c1-4-26-24(27-15-20(3)23-10-5-7-19(2)13-23)28-16-21-8-6-9-22(14-21)17-29-12-11-25-18-29/h5-14,18,20H,4,15-17H2,1-3H3,(H2,26,27,28). The first-order chi connectivity index (χ1) is 14.1. The molecule has 0 fully saturated rings. The van der Waals surface area contributed by atoms with Crippen molar-refractivity contribution in [1.29, 1.82) is 0 Å². The summed E-state index contributed by atoms with van der Waals surface area (Å²) >= 11 is 0. The number of nitrogens with one attached hydrogen (secondary N) is 2. The Morgan fingerprint density at radius 2 is 1.93 bits per heavy atom. The second-order valence-corrected chi connectivity index (χ2v) is 7.45. The van der Waals surface area contributed by atoms with Gasteiger partial charge in [-0.3, -0.25) is 0 Å². The highest BCUT2D eigenvalue weighted by Crippen LogP contribution is 2.15. The average Bonchev–Trinajstić information content (AvgIpc) is 3.23. The van der Waals surface area contributed by atoms with Crippen LogP contribution >= 0.6 is 0 Å².